The first-order valence-corrected chi connectivity index (χ1v) is 8.16. The minimum Gasteiger partial charge on any atom is -0.497 e. The molecule has 0 aliphatic carbocycles. The lowest BCUT2D eigenvalue weighted by Gasteiger charge is -2.22. The highest BCUT2D eigenvalue weighted by molar-refractivity contribution is 5.90. The molecule has 1 aromatic rings. The second kappa shape index (κ2) is 9.66. The SMILES string of the molecule is COc1cccc(C[C@@H](NC(=O)[C@H](CC(C)C)NC(C)=O)C(=O)O)c1. The van der Waals surface area contributed by atoms with Gasteiger partial charge in [-0.2, -0.15) is 0 Å². The van der Waals surface area contributed by atoms with Gasteiger partial charge in [0.2, 0.25) is 11.8 Å². The third-order valence-corrected chi connectivity index (χ3v) is 3.59. The van der Waals surface area contributed by atoms with Gasteiger partial charge in [-0.1, -0.05) is 26.0 Å². The van der Waals surface area contributed by atoms with Gasteiger partial charge in [0, 0.05) is 13.3 Å². The highest BCUT2D eigenvalue weighted by Gasteiger charge is 2.26. The standard InChI is InChI=1S/C18H26N2O5/c1-11(2)8-15(19-12(3)21)17(22)20-16(18(23)24)10-13-6-5-7-14(9-13)25-4/h5-7,9,11,15-16H,8,10H2,1-4H3,(H,19,21)(H,20,22)(H,23,24)/t15-,16+/m0/s1. The summed E-state index contributed by atoms with van der Waals surface area (Å²) in [5.74, 6) is -1.19. The topological polar surface area (TPSA) is 105 Å². The molecule has 1 aromatic carbocycles. The van der Waals surface area contributed by atoms with E-state index >= 15 is 0 Å². The molecule has 138 valence electrons. The smallest absolute Gasteiger partial charge is 0.326 e. The van der Waals surface area contributed by atoms with Gasteiger partial charge >= 0.3 is 5.97 Å². The fourth-order valence-corrected chi connectivity index (χ4v) is 2.46. The Bertz CT molecular complexity index is 615. The van der Waals surface area contributed by atoms with E-state index in [1.165, 1.54) is 14.0 Å². The Kier molecular flexibility index (Phi) is 7.91. The summed E-state index contributed by atoms with van der Waals surface area (Å²) in [6.45, 7) is 5.17. The molecular formula is C18H26N2O5. The molecule has 0 saturated heterocycles. The van der Waals surface area contributed by atoms with E-state index in [1.807, 2.05) is 13.8 Å². The van der Waals surface area contributed by atoms with Crippen LogP contribution in [0.5, 0.6) is 5.75 Å². The summed E-state index contributed by atoms with van der Waals surface area (Å²) in [4.78, 5) is 35.3. The largest absolute Gasteiger partial charge is 0.497 e. The van der Waals surface area contributed by atoms with Crippen LogP contribution in [-0.2, 0) is 20.8 Å². The van der Waals surface area contributed by atoms with Crippen molar-refractivity contribution in [1.82, 2.24) is 10.6 Å². The van der Waals surface area contributed by atoms with Crippen molar-refractivity contribution in [2.24, 2.45) is 5.92 Å². The van der Waals surface area contributed by atoms with Gasteiger partial charge in [0.1, 0.15) is 17.8 Å². The summed E-state index contributed by atoms with van der Waals surface area (Å²) in [6.07, 6.45) is 0.545. The minimum absolute atomic E-state index is 0.118. The third kappa shape index (κ3) is 7.24. The molecule has 7 nitrogen and oxygen atoms in total. The third-order valence-electron chi connectivity index (χ3n) is 3.59. The van der Waals surface area contributed by atoms with Gasteiger partial charge < -0.3 is 20.5 Å². The van der Waals surface area contributed by atoms with Crippen LogP contribution in [0, 0.1) is 5.92 Å². The van der Waals surface area contributed by atoms with Gasteiger partial charge in [0.25, 0.3) is 0 Å². The number of benzene rings is 1. The zero-order valence-corrected chi connectivity index (χ0v) is 15.0. The summed E-state index contributed by atoms with van der Waals surface area (Å²) in [5, 5.41) is 14.5. The Balaban J connectivity index is 2.85. The molecule has 7 heteroatoms. The van der Waals surface area contributed by atoms with Crippen molar-refractivity contribution in [1.29, 1.82) is 0 Å². The van der Waals surface area contributed by atoms with Gasteiger partial charge in [-0.25, -0.2) is 4.79 Å². The van der Waals surface area contributed by atoms with Crippen LogP contribution in [0.25, 0.3) is 0 Å². The van der Waals surface area contributed by atoms with Crippen LogP contribution in [0.1, 0.15) is 32.8 Å². The molecule has 0 aliphatic heterocycles. The molecule has 0 fully saturated rings. The Hall–Kier alpha value is -2.57. The molecule has 0 aliphatic rings. The molecule has 0 saturated carbocycles. The monoisotopic (exact) mass is 350 g/mol. The van der Waals surface area contributed by atoms with E-state index in [1.54, 1.807) is 24.3 Å². The molecule has 0 radical (unpaired) electrons. The van der Waals surface area contributed by atoms with Crippen molar-refractivity contribution < 1.29 is 24.2 Å². The molecule has 3 N–H and O–H groups in total. The van der Waals surface area contributed by atoms with Crippen LogP contribution in [0.4, 0.5) is 0 Å². The maximum Gasteiger partial charge on any atom is 0.326 e. The average Bonchev–Trinajstić information content (AvgIpc) is 2.52. The number of methoxy groups -OCH3 is 1. The maximum atomic E-state index is 12.4. The quantitative estimate of drug-likeness (QED) is 0.624. The zero-order valence-electron chi connectivity index (χ0n) is 15.0. The molecule has 0 heterocycles. The Morgan fingerprint density at radius 2 is 1.84 bits per heavy atom. The molecule has 2 atom stereocenters. The molecular weight excluding hydrogens is 324 g/mol. The number of hydrogen-bond acceptors (Lipinski definition) is 4. The van der Waals surface area contributed by atoms with E-state index in [9.17, 15) is 19.5 Å². The van der Waals surface area contributed by atoms with Crippen molar-refractivity contribution >= 4 is 17.8 Å². The number of carbonyl (C=O) groups is 3. The number of carbonyl (C=O) groups excluding carboxylic acids is 2. The van der Waals surface area contributed by atoms with E-state index in [-0.39, 0.29) is 18.2 Å². The number of carboxylic acid groups (broad SMARTS) is 1. The number of rotatable bonds is 9. The van der Waals surface area contributed by atoms with Crippen molar-refractivity contribution in [3.8, 4) is 5.75 Å². The molecule has 25 heavy (non-hydrogen) atoms. The van der Waals surface area contributed by atoms with Crippen LogP contribution in [0.2, 0.25) is 0 Å². The summed E-state index contributed by atoms with van der Waals surface area (Å²) in [7, 11) is 1.53. The zero-order chi connectivity index (χ0) is 19.0. The predicted molar refractivity (Wildman–Crippen MR) is 93.3 cm³/mol. The highest BCUT2D eigenvalue weighted by atomic mass is 16.5. The van der Waals surface area contributed by atoms with Crippen molar-refractivity contribution in [3.05, 3.63) is 29.8 Å². The van der Waals surface area contributed by atoms with Crippen molar-refractivity contribution in [3.63, 3.8) is 0 Å². The first-order valence-electron chi connectivity index (χ1n) is 8.16. The van der Waals surface area contributed by atoms with Crippen molar-refractivity contribution in [2.75, 3.05) is 7.11 Å². The summed E-state index contributed by atoms with van der Waals surface area (Å²) in [5.41, 5.74) is 0.729. The molecule has 2 amide bonds. The number of amides is 2. The number of hydrogen-bond donors (Lipinski definition) is 3. The van der Waals surface area contributed by atoms with Gasteiger partial charge in [-0.15, -0.1) is 0 Å². The summed E-state index contributed by atoms with van der Waals surface area (Å²) < 4.78 is 5.12. The second-order valence-electron chi connectivity index (χ2n) is 6.34. The van der Waals surface area contributed by atoms with E-state index in [0.29, 0.717) is 12.2 Å². The second-order valence-corrected chi connectivity index (χ2v) is 6.34. The predicted octanol–water partition coefficient (Wildman–Crippen LogP) is 1.36. The van der Waals surface area contributed by atoms with Gasteiger partial charge in [0.05, 0.1) is 7.11 Å². The molecule has 0 unspecified atom stereocenters. The van der Waals surface area contributed by atoms with Crippen LogP contribution >= 0.6 is 0 Å². The minimum atomic E-state index is -1.14. The number of nitrogens with one attached hydrogen (secondary N) is 2. The van der Waals surface area contributed by atoms with Crippen LogP contribution < -0.4 is 15.4 Å². The van der Waals surface area contributed by atoms with Crippen LogP contribution in [-0.4, -0.2) is 42.1 Å². The fourth-order valence-electron chi connectivity index (χ4n) is 2.46. The average molecular weight is 350 g/mol. The summed E-state index contributed by atoms with van der Waals surface area (Å²) >= 11 is 0. The van der Waals surface area contributed by atoms with Gasteiger partial charge in [-0.05, 0) is 30.0 Å². The van der Waals surface area contributed by atoms with Gasteiger partial charge in [-0.3, -0.25) is 9.59 Å². The van der Waals surface area contributed by atoms with E-state index < -0.39 is 24.0 Å². The maximum absolute atomic E-state index is 12.4. The molecule has 0 aromatic heterocycles. The first kappa shape index (κ1) is 20.5. The number of ether oxygens (including phenoxy) is 1. The molecule has 1 rings (SSSR count). The lowest BCUT2D eigenvalue weighted by atomic mass is 10.0. The Labute approximate surface area is 147 Å². The van der Waals surface area contributed by atoms with E-state index in [2.05, 4.69) is 10.6 Å². The van der Waals surface area contributed by atoms with E-state index in [4.69, 9.17) is 4.74 Å². The van der Waals surface area contributed by atoms with E-state index in [0.717, 1.165) is 5.56 Å². The normalized spacial score (nSPS) is 13.0. The van der Waals surface area contributed by atoms with Gasteiger partial charge in [0.15, 0.2) is 0 Å². The lowest BCUT2D eigenvalue weighted by Crippen LogP contribution is -2.52. The lowest BCUT2D eigenvalue weighted by molar-refractivity contribution is -0.142. The fraction of sp³-hybridized carbons (Fsp3) is 0.500. The highest BCUT2D eigenvalue weighted by Crippen LogP contribution is 2.14. The van der Waals surface area contributed by atoms with Crippen LogP contribution in [0.15, 0.2) is 24.3 Å². The number of carboxylic acids is 1. The number of aliphatic carboxylic acids is 1. The Morgan fingerprint density at radius 3 is 2.36 bits per heavy atom. The van der Waals surface area contributed by atoms with Crippen LogP contribution in [0.3, 0.4) is 0 Å². The first-order chi connectivity index (χ1) is 11.7. The van der Waals surface area contributed by atoms with Crippen molar-refractivity contribution in [2.45, 2.75) is 45.7 Å². The summed E-state index contributed by atoms with van der Waals surface area (Å²) in [6, 6.07) is 5.15. The molecule has 0 spiro atoms. The molecule has 0 bridgehead atoms. The Morgan fingerprint density at radius 1 is 1.16 bits per heavy atom.